The number of carbonyl (C=O) groups is 1. The van der Waals surface area contributed by atoms with Crippen LogP contribution in [0.15, 0.2) is 57.6 Å². The van der Waals surface area contributed by atoms with E-state index in [1.165, 1.54) is 0 Å². The van der Waals surface area contributed by atoms with Crippen LogP contribution in [0.2, 0.25) is 5.02 Å². The molecule has 2 aromatic heterocycles. The first-order valence-corrected chi connectivity index (χ1v) is 9.17. The minimum absolute atomic E-state index is 0.0184. The molecule has 138 valence electrons. The largest absolute Gasteiger partial charge is 0.459 e. The molecule has 0 spiro atoms. The fourth-order valence-corrected chi connectivity index (χ4v) is 3.32. The summed E-state index contributed by atoms with van der Waals surface area (Å²) >= 11 is 6.11. The second kappa shape index (κ2) is 7.80. The Morgan fingerprint density at radius 3 is 2.70 bits per heavy atom. The molecule has 0 atom stereocenters. The van der Waals surface area contributed by atoms with Gasteiger partial charge in [0.1, 0.15) is 0 Å². The number of nitrogens with zero attached hydrogens (tertiary/aromatic N) is 3. The molecule has 6 nitrogen and oxygen atoms in total. The van der Waals surface area contributed by atoms with Crippen molar-refractivity contribution in [3.63, 3.8) is 0 Å². The zero-order chi connectivity index (χ0) is 18.6. The molecular formula is C20H18ClN3O3. The Morgan fingerprint density at radius 1 is 1.15 bits per heavy atom. The fraction of sp³-hybridized carbons (Fsp3) is 0.250. The van der Waals surface area contributed by atoms with Crippen molar-refractivity contribution in [1.29, 1.82) is 0 Å². The number of halogens is 1. The maximum atomic E-state index is 12.4. The van der Waals surface area contributed by atoms with Gasteiger partial charge in [0.25, 0.3) is 5.89 Å². The number of hydrogen-bond donors (Lipinski definition) is 0. The van der Waals surface area contributed by atoms with Crippen LogP contribution in [0.5, 0.6) is 0 Å². The maximum absolute atomic E-state index is 12.4. The maximum Gasteiger partial charge on any atom is 0.283 e. The highest BCUT2D eigenvalue weighted by atomic mass is 35.5. The van der Waals surface area contributed by atoms with Gasteiger partial charge in [-0.3, -0.25) is 4.79 Å². The lowest BCUT2D eigenvalue weighted by Crippen LogP contribution is -2.36. The summed E-state index contributed by atoms with van der Waals surface area (Å²) < 4.78 is 11.0. The van der Waals surface area contributed by atoms with Gasteiger partial charge in [-0.05, 0) is 42.7 Å². The molecule has 0 saturated carbocycles. The molecule has 1 fully saturated rings. The molecule has 0 bridgehead atoms. The number of carbonyl (C=O) groups excluding carboxylic acids is 1. The van der Waals surface area contributed by atoms with Crippen molar-refractivity contribution in [2.24, 2.45) is 0 Å². The highest BCUT2D eigenvalue weighted by molar-refractivity contribution is 6.32. The number of hydrogen-bond acceptors (Lipinski definition) is 5. The first-order chi connectivity index (χ1) is 13.2. The van der Waals surface area contributed by atoms with E-state index in [9.17, 15) is 4.79 Å². The fourth-order valence-electron chi connectivity index (χ4n) is 3.12. The summed E-state index contributed by atoms with van der Waals surface area (Å²) in [5.74, 6) is 1.68. The molecule has 0 radical (unpaired) electrons. The molecule has 1 saturated heterocycles. The van der Waals surface area contributed by atoms with Gasteiger partial charge >= 0.3 is 0 Å². The summed E-state index contributed by atoms with van der Waals surface area (Å²) in [6, 6.07) is 11.0. The lowest BCUT2D eigenvalue weighted by Gasteiger charge is -2.29. The van der Waals surface area contributed by atoms with Crippen molar-refractivity contribution in [1.82, 2.24) is 15.1 Å². The quantitative estimate of drug-likeness (QED) is 0.624. The van der Waals surface area contributed by atoms with Crippen molar-refractivity contribution in [2.75, 3.05) is 13.1 Å². The molecule has 1 amide bonds. The van der Waals surface area contributed by atoms with Crippen molar-refractivity contribution < 1.29 is 13.6 Å². The molecule has 7 heteroatoms. The average molecular weight is 384 g/mol. The molecular weight excluding hydrogens is 366 g/mol. The molecule has 27 heavy (non-hydrogen) atoms. The highest BCUT2D eigenvalue weighted by Crippen LogP contribution is 2.29. The third-order valence-electron chi connectivity index (χ3n) is 4.64. The summed E-state index contributed by atoms with van der Waals surface area (Å²) in [7, 11) is 0. The van der Waals surface area contributed by atoms with Gasteiger partial charge in [0.15, 0.2) is 5.76 Å². The minimum Gasteiger partial charge on any atom is -0.459 e. The first kappa shape index (κ1) is 17.5. The lowest BCUT2D eigenvalue weighted by molar-refractivity contribution is -0.127. The average Bonchev–Trinajstić information content (AvgIpc) is 3.39. The summed E-state index contributed by atoms with van der Waals surface area (Å²) in [5, 5.41) is 8.82. The standard InChI is InChI=1S/C20H18ClN3O3/c21-16-5-2-1-4-14(16)7-8-18(25)24-11-9-15(10-12-24)19-22-23-20(27-19)17-6-3-13-26-17/h1-8,13,15H,9-12H2/b8-7+. The van der Waals surface area contributed by atoms with E-state index in [2.05, 4.69) is 10.2 Å². The number of rotatable bonds is 4. The smallest absolute Gasteiger partial charge is 0.283 e. The third kappa shape index (κ3) is 3.95. The number of aromatic nitrogens is 2. The van der Waals surface area contributed by atoms with Gasteiger partial charge in [-0.25, -0.2) is 0 Å². The predicted molar refractivity (Wildman–Crippen MR) is 101 cm³/mol. The SMILES string of the molecule is O=C(/C=C/c1ccccc1Cl)N1CCC(c2nnc(-c3ccco3)o2)CC1. The van der Waals surface area contributed by atoms with Gasteiger partial charge in [0, 0.05) is 30.1 Å². The first-order valence-electron chi connectivity index (χ1n) is 8.79. The van der Waals surface area contributed by atoms with E-state index in [4.69, 9.17) is 20.4 Å². The van der Waals surface area contributed by atoms with Crippen molar-refractivity contribution in [2.45, 2.75) is 18.8 Å². The Hall–Kier alpha value is -2.86. The topological polar surface area (TPSA) is 72.4 Å². The van der Waals surface area contributed by atoms with Crippen LogP contribution in [0.25, 0.3) is 17.7 Å². The van der Waals surface area contributed by atoms with Crippen molar-refractivity contribution in [3.05, 3.63) is 65.2 Å². The van der Waals surface area contributed by atoms with Gasteiger partial charge < -0.3 is 13.7 Å². The summed E-state index contributed by atoms with van der Waals surface area (Å²) in [6.07, 6.45) is 6.46. The van der Waals surface area contributed by atoms with Crippen molar-refractivity contribution >= 4 is 23.6 Å². The molecule has 4 rings (SSSR count). The monoisotopic (exact) mass is 383 g/mol. The Balaban J connectivity index is 1.35. The van der Waals surface area contributed by atoms with Gasteiger partial charge in [0.05, 0.1) is 6.26 Å². The van der Waals surface area contributed by atoms with Crippen LogP contribution >= 0.6 is 11.6 Å². The second-order valence-electron chi connectivity index (χ2n) is 6.38. The summed E-state index contributed by atoms with van der Waals surface area (Å²) in [6.45, 7) is 1.30. The molecule has 0 unspecified atom stereocenters. The number of amides is 1. The number of benzene rings is 1. The van der Waals surface area contributed by atoms with E-state index in [1.807, 2.05) is 23.1 Å². The molecule has 1 aromatic carbocycles. The Bertz CT molecular complexity index is 941. The van der Waals surface area contributed by atoms with Crippen LogP contribution in [-0.4, -0.2) is 34.1 Å². The van der Waals surface area contributed by atoms with Gasteiger partial charge in [-0.1, -0.05) is 29.8 Å². The van der Waals surface area contributed by atoms with E-state index in [0.29, 0.717) is 35.7 Å². The van der Waals surface area contributed by atoms with Crippen LogP contribution in [0, 0.1) is 0 Å². The Kier molecular flexibility index (Phi) is 5.07. The molecule has 3 heterocycles. The van der Waals surface area contributed by atoms with Gasteiger partial charge in [-0.15, -0.1) is 10.2 Å². The zero-order valence-electron chi connectivity index (χ0n) is 14.5. The number of piperidine rings is 1. The van der Waals surface area contributed by atoms with E-state index in [0.717, 1.165) is 18.4 Å². The third-order valence-corrected chi connectivity index (χ3v) is 4.98. The van der Waals surface area contributed by atoms with E-state index in [1.54, 1.807) is 36.6 Å². The van der Waals surface area contributed by atoms with E-state index in [-0.39, 0.29) is 11.8 Å². The van der Waals surface area contributed by atoms with Crippen LogP contribution in [0.3, 0.4) is 0 Å². The van der Waals surface area contributed by atoms with Gasteiger partial charge in [0.2, 0.25) is 11.8 Å². The van der Waals surface area contributed by atoms with Crippen molar-refractivity contribution in [3.8, 4) is 11.7 Å². The number of furan rings is 1. The molecule has 1 aliphatic rings. The van der Waals surface area contributed by atoms with Crippen LogP contribution in [-0.2, 0) is 4.79 Å². The predicted octanol–water partition coefficient (Wildman–Crippen LogP) is 4.40. The number of likely N-dealkylation sites (tertiary alicyclic amines) is 1. The van der Waals surface area contributed by atoms with E-state index >= 15 is 0 Å². The summed E-state index contributed by atoms with van der Waals surface area (Å²) in [4.78, 5) is 14.2. The normalized spacial score (nSPS) is 15.5. The minimum atomic E-state index is -0.0184. The zero-order valence-corrected chi connectivity index (χ0v) is 15.3. The lowest BCUT2D eigenvalue weighted by atomic mass is 9.97. The Labute approximate surface area is 161 Å². The molecule has 1 aliphatic heterocycles. The van der Waals surface area contributed by atoms with E-state index < -0.39 is 0 Å². The van der Waals surface area contributed by atoms with Crippen LogP contribution in [0.4, 0.5) is 0 Å². The highest BCUT2D eigenvalue weighted by Gasteiger charge is 2.27. The van der Waals surface area contributed by atoms with Crippen LogP contribution in [0.1, 0.15) is 30.2 Å². The summed E-state index contributed by atoms with van der Waals surface area (Å²) in [5.41, 5.74) is 0.832. The van der Waals surface area contributed by atoms with Crippen LogP contribution < -0.4 is 0 Å². The van der Waals surface area contributed by atoms with Gasteiger partial charge in [-0.2, -0.15) is 0 Å². The molecule has 0 N–H and O–H groups in total. The second-order valence-corrected chi connectivity index (χ2v) is 6.78. The molecule has 0 aliphatic carbocycles. The Morgan fingerprint density at radius 2 is 1.96 bits per heavy atom. The molecule has 3 aromatic rings.